The molecule has 0 saturated heterocycles. The van der Waals surface area contributed by atoms with E-state index in [2.05, 4.69) is 16.0 Å². The molecule has 1 aromatic heterocycles. The van der Waals surface area contributed by atoms with Crippen LogP contribution in [0, 0.1) is 21.4 Å². The average molecular weight is 325 g/mol. The number of aromatic nitrogens is 2. The summed E-state index contributed by atoms with van der Waals surface area (Å²) in [6.45, 7) is 0. The topological polar surface area (TPSA) is 95.6 Å². The molecule has 0 radical (unpaired) electrons. The fraction of sp³-hybridized carbons (Fsp3) is 0. The molecule has 0 spiro atoms. The van der Waals surface area contributed by atoms with E-state index in [1.54, 1.807) is 6.07 Å². The van der Waals surface area contributed by atoms with Crippen LogP contribution in [0.5, 0.6) is 0 Å². The molecule has 3 rings (SSSR count). The number of fused-ring (bicyclic) bond motifs is 1. The van der Waals surface area contributed by atoms with Crippen LogP contribution >= 0.6 is 11.6 Å². The predicted octanol–water partition coefficient (Wildman–Crippen LogP) is 4.19. The number of hydrogen-bond acceptors (Lipinski definition) is 4. The van der Waals surface area contributed by atoms with Crippen LogP contribution in [0.1, 0.15) is 11.4 Å². The SMILES string of the molecule is N#C/C(=C\c1ccc(Cl)c([N+](=O)[O-])c1)c1nc2ccccc2[nH]1. The van der Waals surface area contributed by atoms with Crippen LogP contribution < -0.4 is 0 Å². The Bertz CT molecular complexity index is 952. The molecule has 1 N–H and O–H groups in total. The van der Waals surface area contributed by atoms with Crippen molar-refractivity contribution in [3.63, 3.8) is 0 Å². The lowest BCUT2D eigenvalue weighted by atomic mass is 10.1. The first-order chi connectivity index (χ1) is 11.1. The van der Waals surface area contributed by atoms with Gasteiger partial charge in [-0.1, -0.05) is 29.8 Å². The Labute approximate surface area is 135 Å². The van der Waals surface area contributed by atoms with Gasteiger partial charge in [-0.3, -0.25) is 10.1 Å². The number of hydrogen-bond donors (Lipinski definition) is 1. The minimum atomic E-state index is -0.563. The summed E-state index contributed by atoms with van der Waals surface area (Å²) in [6.07, 6.45) is 1.53. The lowest BCUT2D eigenvalue weighted by molar-refractivity contribution is -0.384. The van der Waals surface area contributed by atoms with Crippen molar-refractivity contribution in [2.75, 3.05) is 0 Å². The highest BCUT2D eigenvalue weighted by molar-refractivity contribution is 6.32. The molecule has 0 saturated carbocycles. The summed E-state index contributed by atoms with van der Waals surface area (Å²) in [5, 5.41) is 20.3. The molecule has 2 aromatic carbocycles. The maximum atomic E-state index is 10.9. The third-order valence-corrected chi connectivity index (χ3v) is 3.56. The molecule has 112 valence electrons. The first-order valence-corrected chi connectivity index (χ1v) is 6.97. The van der Waals surface area contributed by atoms with E-state index >= 15 is 0 Å². The lowest BCUT2D eigenvalue weighted by Gasteiger charge is -1.98. The number of imidazole rings is 1. The number of aromatic amines is 1. The summed E-state index contributed by atoms with van der Waals surface area (Å²) in [5.41, 5.74) is 2.12. The van der Waals surface area contributed by atoms with Crippen LogP contribution in [0.15, 0.2) is 42.5 Å². The Hall–Kier alpha value is -3.17. The molecular formula is C16H9ClN4O2. The highest BCUT2D eigenvalue weighted by Gasteiger charge is 2.13. The molecule has 23 heavy (non-hydrogen) atoms. The van der Waals surface area contributed by atoms with E-state index in [9.17, 15) is 15.4 Å². The van der Waals surface area contributed by atoms with Crippen molar-refractivity contribution in [1.29, 1.82) is 5.26 Å². The van der Waals surface area contributed by atoms with Crippen LogP contribution in [0.2, 0.25) is 5.02 Å². The van der Waals surface area contributed by atoms with E-state index in [0.29, 0.717) is 11.4 Å². The Morgan fingerprint density at radius 3 is 2.83 bits per heavy atom. The Morgan fingerprint density at radius 2 is 2.13 bits per heavy atom. The molecule has 0 aliphatic rings. The molecule has 0 bridgehead atoms. The number of nitrogens with zero attached hydrogens (tertiary/aromatic N) is 3. The van der Waals surface area contributed by atoms with Crippen molar-refractivity contribution in [3.8, 4) is 6.07 Å². The van der Waals surface area contributed by atoms with E-state index in [1.807, 2.05) is 24.3 Å². The van der Waals surface area contributed by atoms with Gasteiger partial charge in [-0.2, -0.15) is 5.26 Å². The third-order valence-electron chi connectivity index (χ3n) is 3.24. The number of H-pyrrole nitrogens is 1. The Morgan fingerprint density at radius 1 is 1.35 bits per heavy atom. The van der Waals surface area contributed by atoms with Crippen molar-refractivity contribution >= 4 is 40.0 Å². The van der Waals surface area contributed by atoms with E-state index in [4.69, 9.17) is 11.6 Å². The van der Waals surface area contributed by atoms with Gasteiger partial charge in [0.2, 0.25) is 0 Å². The van der Waals surface area contributed by atoms with Gasteiger partial charge in [0, 0.05) is 6.07 Å². The van der Waals surface area contributed by atoms with Gasteiger partial charge in [0.05, 0.1) is 21.5 Å². The molecule has 0 atom stereocenters. The minimum absolute atomic E-state index is 0.0504. The van der Waals surface area contributed by atoms with Gasteiger partial charge in [0.25, 0.3) is 5.69 Å². The smallest absolute Gasteiger partial charge is 0.288 e. The van der Waals surface area contributed by atoms with Crippen molar-refractivity contribution in [2.24, 2.45) is 0 Å². The van der Waals surface area contributed by atoms with E-state index in [0.717, 1.165) is 11.0 Å². The number of nitrogens with one attached hydrogen (secondary N) is 1. The minimum Gasteiger partial charge on any atom is -0.337 e. The second kappa shape index (κ2) is 5.91. The quantitative estimate of drug-likeness (QED) is 0.444. The molecule has 0 fully saturated rings. The van der Waals surface area contributed by atoms with Gasteiger partial charge in [0.1, 0.15) is 16.9 Å². The van der Waals surface area contributed by atoms with Crippen molar-refractivity contribution in [3.05, 3.63) is 69.0 Å². The fourth-order valence-corrected chi connectivity index (χ4v) is 2.35. The maximum absolute atomic E-state index is 10.9. The second-order valence-corrected chi connectivity index (χ2v) is 5.15. The number of para-hydroxylation sites is 2. The molecular weight excluding hydrogens is 316 g/mol. The average Bonchev–Trinajstić information content (AvgIpc) is 2.97. The van der Waals surface area contributed by atoms with Gasteiger partial charge in [0.15, 0.2) is 0 Å². The first kappa shape index (κ1) is 14.8. The fourth-order valence-electron chi connectivity index (χ4n) is 2.16. The van der Waals surface area contributed by atoms with E-state index < -0.39 is 4.92 Å². The lowest BCUT2D eigenvalue weighted by Crippen LogP contribution is -1.90. The summed E-state index contributed by atoms with van der Waals surface area (Å²) >= 11 is 5.79. The van der Waals surface area contributed by atoms with Gasteiger partial charge in [-0.15, -0.1) is 0 Å². The first-order valence-electron chi connectivity index (χ1n) is 6.59. The number of benzene rings is 2. The summed E-state index contributed by atoms with van der Waals surface area (Å²) in [6, 6.07) is 13.8. The van der Waals surface area contributed by atoms with Crippen LogP contribution in [-0.4, -0.2) is 14.9 Å². The number of halogens is 1. The third kappa shape index (κ3) is 2.91. The highest BCUT2D eigenvalue weighted by atomic mass is 35.5. The summed E-state index contributed by atoms with van der Waals surface area (Å²) in [7, 11) is 0. The monoisotopic (exact) mass is 324 g/mol. The normalized spacial score (nSPS) is 11.4. The standard InChI is InChI=1S/C16H9ClN4O2/c17-12-6-5-10(8-15(12)21(22)23)7-11(9-18)16-19-13-3-1-2-4-14(13)20-16/h1-8H,(H,19,20)/b11-7+. The summed E-state index contributed by atoms with van der Waals surface area (Å²) in [4.78, 5) is 17.8. The molecule has 0 unspecified atom stereocenters. The van der Waals surface area contributed by atoms with Crippen molar-refractivity contribution < 1.29 is 4.92 Å². The molecule has 7 heteroatoms. The zero-order valence-electron chi connectivity index (χ0n) is 11.7. The number of allylic oxidation sites excluding steroid dienone is 1. The highest BCUT2D eigenvalue weighted by Crippen LogP contribution is 2.27. The zero-order chi connectivity index (χ0) is 16.4. The largest absolute Gasteiger partial charge is 0.337 e. The van der Waals surface area contributed by atoms with E-state index in [-0.39, 0.29) is 16.3 Å². The summed E-state index contributed by atoms with van der Waals surface area (Å²) < 4.78 is 0. The molecule has 1 heterocycles. The maximum Gasteiger partial charge on any atom is 0.288 e. The summed E-state index contributed by atoms with van der Waals surface area (Å²) in [5.74, 6) is 0.409. The van der Waals surface area contributed by atoms with Gasteiger partial charge in [-0.05, 0) is 29.8 Å². The Kier molecular flexibility index (Phi) is 3.79. The molecule has 0 amide bonds. The van der Waals surface area contributed by atoms with Gasteiger partial charge >= 0.3 is 0 Å². The van der Waals surface area contributed by atoms with Gasteiger partial charge < -0.3 is 4.98 Å². The van der Waals surface area contributed by atoms with Crippen molar-refractivity contribution in [2.45, 2.75) is 0 Å². The molecule has 6 nitrogen and oxygen atoms in total. The van der Waals surface area contributed by atoms with Crippen LogP contribution in [-0.2, 0) is 0 Å². The number of nitriles is 1. The van der Waals surface area contributed by atoms with Crippen LogP contribution in [0.4, 0.5) is 5.69 Å². The number of nitro benzene ring substituents is 1. The van der Waals surface area contributed by atoms with E-state index in [1.165, 1.54) is 18.2 Å². The van der Waals surface area contributed by atoms with Gasteiger partial charge in [-0.25, -0.2) is 4.98 Å². The number of nitro groups is 1. The van der Waals surface area contributed by atoms with Crippen LogP contribution in [0.25, 0.3) is 22.7 Å². The zero-order valence-corrected chi connectivity index (χ0v) is 12.4. The number of rotatable bonds is 3. The van der Waals surface area contributed by atoms with Crippen LogP contribution in [0.3, 0.4) is 0 Å². The molecule has 0 aliphatic carbocycles. The van der Waals surface area contributed by atoms with Crippen molar-refractivity contribution in [1.82, 2.24) is 9.97 Å². The molecule has 3 aromatic rings. The molecule has 0 aliphatic heterocycles. The second-order valence-electron chi connectivity index (χ2n) is 4.74. The Balaban J connectivity index is 2.07. The predicted molar refractivity (Wildman–Crippen MR) is 87.7 cm³/mol.